The maximum absolute atomic E-state index is 12.7. The Bertz CT molecular complexity index is 812. The predicted molar refractivity (Wildman–Crippen MR) is 122 cm³/mol. The number of hydrogen-bond acceptors (Lipinski definition) is 6. The number of rotatable bonds is 7. The van der Waals surface area contributed by atoms with Gasteiger partial charge in [-0.3, -0.25) is 4.79 Å². The monoisotopic (exact) mass is 435 g/mol. The van der Waals surface area contributed by atoms with Crippen molar-refractivity contribution in [3.8, 4) is 17.2 Å². The molecule has 0 atom stereocenters. The number of carbonyl (C=O) groups is 1. The zero-order valence-electron chi connectivity index (χ0n) is 17.9. The minimum atomic E-state index is -0.242. The van der Waals surface area contributed by atoms with Crippen LogP contribution in [0.5, 0.6) is 17.2 Å². The van der Waals surface area contributed by atoms with Gasteiger partial charge in [-0.2, -0.15) is 0 Å². The van der Waals surface area contributed by atoms with Gasteiger partial charge < -0.3 is 29.3 Å². The zero-order chi connectivity index (χ0) is 20.8. The normalized spacial score (nSPS) is 13.9. The molecule has 1 N–H and O–H groups in total. The van der Waals surface area contributed by atoms with E-state index in [-0.39, 0.29) is 18.3 Å². The number of piperazine rings is 1. The first kappa shape index (κ1) is 23.6. The second-order valence-corrected chi connectivity index (χ2v) is 6.84. The molecule has 1 aliphatic rings. The lowest BCUT2D eigenvalue weighted by molar-refractivity contribution is 0.102. The van der Waals surface area contributed by atoms with Crippen LogP contribution in [-0.2, 0) is 0 Å². The van der Waals surface area contributed by atoms with Crippen molar-refractivity contribution in [2.24, 2.45) is 0 Å². The highest BCUT2D eigenvalue weighted by molar-refractivity contribution is 6.05. The largest absolute Gasteiger partial charge is 0.493 e. The van der Waals surface area contributed by atoms with Gasteiger partial charge in [-0.05, 0) is 42.9 Å². The molecule has 30 heavy (non-hydrogen) atoms. The Balaban J connectivity index is 0.00000320. The van der Waals surface area contributed by atoms with Crippen molar-refractivity contribution in [3.63, 3.8) is 0 Å². The van der Waals surface area contributed by atoms with E-state index in [1.165, 1.54) is 27.0 Å². The lowest BCUT2D eigenvalue weighted by Crippen LogP contribution is -2.46. The Morgan fingerprint density at radius 2 is 1.50 bits per heavy atom. The van der Waals surface area contributed by atoms with Crippen LogP contribution in [0.15, 0.2) is 36.4 Å². The summed E-state index contributed by atoms with van der Waals surface area (Å²) in [7, 11) is 4.58. The first-order chi connectivity index (χ1) is 14.1. The minimum absolute atomic E-state index is 0. The molecule has 164 valence electrons. The molecule has 3 rings (SSSR count). The highest BCUT2D eigenvalue weighted by Gasteiger charge is 2.18. The Kier molecular flexibility index (Phi) is 8.62. The van der Waals surface area contributed by atoms with E-state index >= 15 is 0 Å². The van der Waals surface area contributed by atoms with E-state index in [0.717, 1.165) is 38.4 Å². The predicted octanol–water partition coefficient (Wildman–Crippen LogP) is 3.53. The SMILES string of the molecule is CCN1CCN(c2ccc(NC(=O)c3cc(OC)c(OC)c(OC)c3)cc2)CC1.Cl. The van der Waals surface area contributed by atoms with Crippen molar-refractivity contribution in [2.45, 2.75) is 6.92 Å². The maximum atomic E-state index is 12.7. The average Bonchev–Trinajstić information content (AvgIpc) is 2.78. The molecule has 0 radical (unpaired) electrons. The zero-order valence-corrected chi connectivity index (χ0v) is 18.8. The summed E-state index contributed by atoms with van der Waals surface area (Å²) in [6.07, 6.45) is 0. The van der Waals surface area contributed by atoms with Crippen LogP contribution in [0.3, 0.4) is 0 Å². The molecule has 0 spiro atoms. The number of hydrogen-bond donors (Lipinski definition) is 1. The molecule has 1 aliphatic heterocycles. The summed E-state index contributed by atoms with van der Waals surface area (Å²) in [5.74, 6) is 1.10. The van der Waals surface area contributed by atoms with E-state index in [4.69, 9.17) is 14.2 Å². The molecule has 1 heterocycles. The summed E-state index contributed by atoms with van der Waals surface area (Å²) in [6.45, 7) is 7.49. The van der Waals surface area contributed by atoms with E-state index in [0.29, 0.717) is 22.8 Å². The van der Waals surface area contributed by atoms with E-state index in [1.54, 1.807) is 12.1 Å². The van der Waals surface area contributed by atoms with Crippen molar-refractivity contribution in [1.29, 1.82) is 0 Å². The molecule has 1 amide bonds. The van der Waals surface area contributed by atoms with Crippen molar-refractivity contribution >= 4 is 29.7 Å². The smallest absolute Gasteiger partial charge is 0.255 e. The van der Waals surface area contributed by atoms with Crippen LogP contribution in [0, 0.1) is 0 Å². The number of methoxy groups -OCH3 is 3. The van der Waals surface area contributed by atoms with Gasteiger partial charge >= 0.3 is 0 Å². The number of ether oxygens (including phenoxy) is 3. The summed E-state index contributed by atoms with van der Waals surface area (Å²) in [5, 5.41) is 2.93. The van der Waals surface area contributed by atoms with Crippen LogP contribution in [0.2, 0.25) is 0 Å². The average molecular weight is 436 g/mol. The van der Waals surface area contributed by atoms with E-state index < -0.39 is 0 Å². The number of halogens is 1. The number of carbonyl (C=O) groups excluding carboxylic acids is 1. The van der Waals surface area contributed by atoms with Gasteiger partial charge in [0.05, 0.1) is 21.3 Å². The van der Waals surface area contributed by atoms with Gasteiger partial charge in [0.25, 0.3) is 5.91 Å². The van der Waals surface area contributed by atoms with Crippen LogP contribution in [0.25, 0.3) is 0 Å². The molecule has 7 nitrogen and oxygen atoms in total. The van der Waals surface area contributed by atoms with Crippen molar-refractivity contribution in [2.75, 3.05) is 64.3 Å². The van der Waals surface area contributed by atoms with E-state index in [2.05, 4.69) is 22.0 Å². The molecule has 0 aliphatic carbocycles. The number of amides is 1. The third-order valence-electron chi connectivity index (χ3n) is 5.24. The number of nitrogens with zero attached hydrogens (tertiary/aromatic N) is 2. The summed E-state index contributed by atoms with van der Waals surface area (Å²) >= 11 is 0. The van der Waals surface area contributed by atoms with E-state index in [9.17, 15) is 4.79 Å². The van der Waals surface area contributed by atoms with Gasteiger partial charge in [0, 0.05) is 43.1 Å². The molecule has 0 bridgehead atoms. The first-order valence-electron chi connectivity index (χ1n) is 9.78. The van der Waals surface area contributed by atoms with E-state index in [1.807, 2.05) is 24.3 Å². The Morgan fingerprint density at radius 3 is 1.97 bits per heavy atom. The Labute approximate surface area is 184 Å². The number of anilines is 2. The van der Waals surface area contributed by atoms with Crippen molar-refractivity contribution in [1.82, 2.24) is 4.90 Å². The molecule has 8 heteroatoms. The fourth-order valence-electron chi connectivity index (χ4n) is 3.49. The molecule has 0 aromatic heterocycles. The fourth-order valence-corrected chi connectivity index (χ4v) is 3.49. The minimum Gasteiger partial charge on any atom is -0.493 e. The van der Waals surface area contributed by atoms with Gasteiger partial charge in [0.2, 0.25) is 5.75 Å². The standard InChI is InChI=1S/C22H29N3O4.ClH/c1-5-24-10-12-25(13-11-24)18-8-6-17(7-9-18)23-22(26)16-14-19(27-2)21(29-4)20(15-16)28-3;/h6-9,14-15H,5,10-13H2,1-4H3,(H,23,26);1H. The van der Waals surface area contributed by atoms with Gasteiger partial charge in [0.15, 0.2) is 11.5 Å². The maximum Gasteiger partial charge on any atom is 0.255 e. The van der Waals surface area contributed by atoms with Crippen LogP contribution < -0.4 is 24.4 Å². The second-order valence-electron chi connectivity index (χ2n) is 6.84. The lowest BCUT2D eigenvalue weighted by atomic mass is 10.1. The van der Waals surface area contributed by atoms with Gasteiger partial charge in [-0.25, -0.2) is 0 Å². The van der Waals surface area contributed by atoms with Crippen molar-refractivity contribution < 1.29 is 19.0 Å². The van der Waals surface area contributed by atoms with Crippen molar-refractivity contribution in [3.05, 3.63) is 42.0 Å². The van der Waals surface area contributed by atoms with Crippen LogP contribution in [0.1, 0.15) is 17.3 Å². The van der Waals surface area contributed by atoms with Gasteiger partial charge in [-0.15, -0.1) is 12.4 Å². The highest BCUT2D eigenvalue weighted by atomic mass is 35.5. The first-order valence-corrected chi connectivity index (χ1v) is 9.78. The molecule has 1 fully saturated rings. The molecular formula is C22H30ClN3O4. The summed E-state index contributed by atoms with van der Waals surface area (Å²) in [4.78, 5) is 17.5. The second kappa shape index (κ2) is 10.9. The molecule has 2 aromatic rings. The summed E-state index contributed by atoms with van der Waals surface area (Å²) in [5.41, 5.74) is 2.34. The van der Waals surface area contributed by atoms with Gasteiger partial charge in [-0.1, -0.05) is 6.92 Å². The fraction of sp³-hybridized carbons (Fsp3) is 0.409. The molecule has 1 saturated heterocycles. The Morgan fingerprint density at radius 1 is 0.933 bits per heavy atom. The number of nitrogens with one attached hydrogen (secondary N) is 1. The topological polar surface area (TPSA) is 63.3 Å². The molecule has 0 unspecified atom stereocenters. The van der Waals surface area contributed by atoms with Crippen LogP contribution >= 0.6 is 12.4 Å². The summed E-state index contributed by atoms with van der Waals surface area (Å²) < 4.78 is 16.0. The summed E-state index contributed by atoms with van der Waals surface area (Å²) in [6, 6.07) is 11.2. The van der Waals surface area contributed by atoms with Crippen LogP contribution in [0.4, 0.5) is 11.4 Å². The van der Waals surface area contributed by atoms with Crippen LogP contribution in [-0.4, -0.2) is 64.9 Å². The lowest BCUT2D eigenvalue weighted by Gasteiger charge is -2.35. The highest BCUT2D eigenvalue weighted by Crippen LogP contribution is 2.38. The number of benzene rings is 2. The van der Waals surface area contributed by atoms with Gasteiger partial charge in [0.1, 0.15) is 0 Å². The molecule has 2 aromatic carbocycles. The molecule has 0 saturated carbocycles. The third kappa shape index (κ3) is 5.29. The quantitative estimate of drug-likeness (QED) is 0.717. The Hall–Kier alpha value is -2.64. The number of likely N-dealkylation sites (N-methyl/N-ethyl adjacent to an activating group) is 1. The molecular weight excluding hydrogens is 406 g/mol. The third-order valence-corrected chi connectivity index (χ3v) is 5.24.